The van der Waals surface area contributed by atoms with E-state index in [2.05, 4.69) is 13.8 Å². The molecule has 0 saturated heterocycles. The zero-order valence-electron chi connectivity index (χ0n) is 28.8. The summed E-state index contributed by atoms with van der Waals surface area (Å²) in [7, 11) is -5.01. The summed E-state index contributed by atoms with van der Waals surface area (Å²) in [5.74, 6) is -3.56. The van der Waals surface area contributed by atoms with Gasteiger partial charge in [0, 0.05) is 0 Å². The molecule has 0 spiro atoms. The molecule has 0 bridgehead atoms. The second-order valence-corrected chi connectivity index (χ2v) is 12.7. The van der Waals surface area contributed by atoms with E-state index >= 15 is 0 Å². The first-order valence-corrected chi connectivity index (χ1v) is 17.1. The average molecular weight is 679 g/mol. The van der Waals surface area contributed by atoms with Gasteiger partial charge in [-0.1, -0.05) is 93.4 Å². The number of carboxylic acids is 2. The molecular formula is C30H59N2NaO11S. The van der Waals surface area contributed by atoms with Gasteiger partial charge in [-0.2, -0.15) is 0 Å². The molecule has 0 rings (SSSR count). The third kappa shape index (κ3) is 28.6. The number of unbranched alkanes of at least 4 members (excludes halogenated alkanes) is 2. The minimum atomic E-state index is -5.01. The Balaban J connectivity index is -0.000000403. The topological polar surface area (TPSA) is 236 Å². The number of aliphatic carboxylic acids is 2. The number of hydrogen-bond acceptors (Lipinski definition) is 11. The first-order valence-electron chi connectivity index (χ1n) is 15.7. The van der Waals surface area contributed by atoms with Crippen LogP contribution in [0.2, 0.25) is 0 Å². The molecule has 4 unspecified atom stereocenters. The van der Waals surface area contributed by atoms with Gasteiger partial charge in [0.2, 0.25) is 0 Å². The van der Waals surface area contributed by atoms with Crippen molar-refractivity contribution in [2.75, 3.05) is 13.2 Å². The molecule has 0 saturated carbocycles. The van der Waals surface area contributed by atoms with Crippen molar-refractivity contribution >= 4 is 34.0 Å². The number of carboxylic acid groups (broad SMARTS) is 2. The third-order valence-corrected chi connectivity index (χ3v) is 7.97. The van der Waals surface area contributed by atoms with Crippen molar-refractivity contribution in [3.8, 4) is 0 Å². The molecule has 45 heavy (non-hydrogen) atoms. The Morgan fingerprint density at radius 2 is 1.20 bits per heavy atom. The number of hydrogen-bond donors (Lipinski definition) is 4. The Kier molecular flexibility index (Phi) is 33.8. The van der Waals surface area contributed by atoms with Crippen LogP contribution in [0.5, 0.6) is 0 Å². The summed E-state index contributed by atoms with van der Waals surface area (Å²) < 4.78 is 44.6. The second-order valence-electron chi connectivity index (χ2n) is 11.2. The SMILES string of the molecule is CC(C)[C@H](N)C(=O)O.CCCC(N)C(=O)O.CCCCC(CC)COC(=O)CC(C(=O)OCC(CC)CCCC)S(=O)(=O)[O-].[Na+]. The van der Waals surface area contributed by atoms with Crippen molar-refractivity contribution in [3.05, 3.63) is 0 Å². The fourth-order valence-corrected chi connectivity index (χ4v) is 4.18. The summed E-state index contributed by atoms with van der Waals surface area (Å²) >= 11 is 0. The molecule has 13 nitrogen and oxygen atoms in total. The molecule has 0 aromatic heterocycles. The van der Waals surface area contributed by atoms with Gasteiger partial charge >= 0.3 is 53.4 Å². The third-order valence-electron chi connectivity index (χ3n) is 6.91. The first kappa shape index (κ1) is 50.6. The van der Waals surface area contributed by atoms with Crippen LogP contribution in [-0.2, 0) is 38.8 Å². The van der Waals surface area contributed by atoms with Crippen LogP contribution in [-0.4, -0.2) is 77.6 Å². The van der Waals surface area contributed by atoms with E-state index in [1.807, 2.05) is 20.8 Å². The van der Waals surface area contributed by atoms with Crippen LogP contribution in [0.25, 0.3) is 0 Å². The maximum Gasteiger partial charge on any atom is 1.00 e. The van der Waals surface area contributed by atoms with Gasteiger partial charge < -0.3 is 35.7 Å². The summed E-state index contributed by atoms with van der Waals surface area (Å²) in [5, 5.41) is 14.4. The quantitative estimate of drug-likeness (QED) is 0.0756. The Morgan fingerprint density at radius 3 is 1.47 bits per heavy atom. The predicted octanol–water partition coefficient (Wildman–Crippen LogP) is 1.07. The monoisotopic (exact) mass is 678 g/mol. The van der Waals surface area contributed by atoms with E-state index in [1.54, 1.807) is 13.8 Å². The zero-order valence-corrected chi connectivity index (χ0v) is 31.6. The fraction of sp³-hybridized carbons (Fsp3) is 0.867. The largest absolute Gasteiger partial charge is 1.00 e. The summed E-state index contributed by atoms with van der Waals surface area (Å²) in [6.45, 7) is 13.7. The van der Waals surface area contributed by atoms with E-state index in [1.165, 1.54) is 0 Å². The van der Waals surface area contributed by atoms with Crippen LogP contribution in [0.4, 0.5) is 0 Å². The van der Waals surface area contributed by atoms with Crippen molar-refractivity contribution in [3.63, 3.8) is 0 Å². The van der Waals surface area contributed by atoms with Gasteiger partial charge in [-0.25, -0.2) is 8.42 Å². The number of carbonyl (C=O) groups excluding carboxylic acids is 2. The van der Waals surface area contributed by atoms with Gasteiger partial charge in [-0.15, -0.1) is 0 Å². The molecule has 0 aromatic carbocycles. The van der Waals surface area contributed by atoms with Gasteiger partial charge in [-0.05, 0) is 37.0 Å². The Bertz CT molecular complexity index is 904. The summed E-state index contributed by atoms with van der Waals surface area (Å²) in [4.78, 5) is 44.1. The van der Waals surface area contributed by atoms with E-state index in [0.29, 0.717) is 6.42 Å². The van der Waals surface area contributed by atoms with Crippen molar-refractivity contribution in [1.82, 2.24) is 0 Å². The summed E-state index contributed by atoms with van der Waals surface area (Å²) in [6, 6.07) is -1.38. The summed E-state index contributed by atoms with van der Waals surface area (Å²) in [6.07, 6.45) is 7.97. The van der Waals surface area contributed by atoms with Gasteiger partial charge in [-0.3, -0.25) is 19.2 Å². The normalized spacial score (nSPS) is 14.1. The van der Waals surface area contributed by atoms with Crippen molar-refractivity contribution in [1.29, 1.82) is 0 Å². The molecule has 0 aliphatic rings. The first-order chi connectivity index (χ1) is 20.4. The molecular weight excluding hydrogens is 619 g/mol. The predicted molar refractivity (Wildman–Crippen MR) is 168 cm³/mol. The number of carbonyl (C=O) groups is 4. The molecule has 5 atom stereocenters. The Labute approximate surface area is 293 Å². The molecule has 0 fully saturated rings. The second kappa shape index (κ2) is 30.1. The smallest absolute Gasteiger partial charge is 0.747 e. The van der Waals surface area contributed by atoms with E-state index in [9.17, 15) is 32.1 Å². The summed E-state index contributed by atoms with van der Waals surface area (Å²) in [5.41, 5.74) is 10.3. The molecule has 0 aliphatic heterocycles. The van der Waals surface area contributed by atoms with Crippen molar-refractivity contribution in [2.24, 2.45) is 29.2 Å². The Morgan fingerprint density at radius 1 is 0.756 bits per heavy atom. The van der Waals surface area contributed by atoms with Crippen LogP contribution in [0, 0.1) is 17.8 Å². The molecule has 0 radical (unpaired) electrons. The standard InChI is InChI=1S/C20H38O7S.2C5H11NO2.Na/c1-5-9-11-16(7-3)14-26-19(21)13-18(28(23,24)25)20(22)27-15-17(8-4)12-10-6-2;1-3(2)4(6)5(7)8;1-2-3-4(6)5(7)8;/h16-18H,5-15H2,1-4H3,(H,23,24,25);3-4H,6H2,1-2H3,(H,7,8);4H,2-3,6H2,1H3,(H,7,8);/q;;;+1/p-1/t;4-;;/m.0../s1. The number of nitrogens with two attached hydrogens (primary N) is 2. The van der Waals surface area contributed by atoms with Gasteiger partial charge in [0.1, 0.15) is 22.2 Å². The van der Waals surface area contributed by atoms with Crippen LogP contribution >= 0.6 is 0 Å². The van der Waals surface area contributed by atoms with Gasteiger partial charge in [0.25, 0.3) is 0 Å². The minimum absolute atomic E-state index is 0. The molecule has 0 aliphatic carbocycles. The number of rotatable bonds is 21. The Hall–Kier alpha value is -1.29. The number of ether oxygens (including phenoxy) is 2. The molecule has 262 valence electrons. The van der Waals surface area contributed by atoms with Crippen LogP contribution in [0.3, 0.4) is 0 Å². The van der Waals surface area contributed by atoms with Gasteiger partial charge in [0.05, 0.1) is 19.6 Å². The maximum absolute atomic E-state index is 12.1. The fourth-order valence-electron chi connectivity index (χ4n) is 3.53. The average Bonchev–Trinajstić information content (AvgIpc) is 2.95. The zero-order chi connectivity index (χ0) is 34.9. The van der Waals surface area contributed by atoms with Crippen LogP contribution in [0.1, 0.15) is 119 Å². The van der Waals surface area contributed by atoms with Crippen LogP contribution < -0.4 is 41.0 Å². The van der Waals surface area contributed by atoms with Gasteiger partial charge in [0.15, 0.2) is 5.25 Å². The van der Waals surface area contributed by atoms with Crippen molar-refractivity contribution < 1.29 is 81.4 Å². The van der Waals surface area contributed by atoms with Crippen LogP contribution in [0.15, 0.2) is 0 Å². The van der Waals surface area contributed by atoms with E-state index in [-0.39, 0.29) is 60.5 Å². The van der Waals surface area contributed by atoms with E-state index in [4.69, 9.17) is 31.2 Å². The van der Waals surface area contributed by atoms with E-state index in [0.717, 1.165) is 57.8 Å². The minimum Gasteiger partial charge on any atom is -0.747 e. The molecule has 0 heterocycles. The maximum atomic E-state index is 12.1. The van der Waals surface area contributed by atoms with E-state index < -0.39 is 57.7 Å². The molecule has 0 amide bonds. The molecule has 0 aromatic rings. The molecule has 15 heteroatoms. The molecule has 6 N–H and O–H groups in total. The number of esters is 2. The van der Waals surface area contributed by atoms with Crippen molar-refractivity contribution in [2.45, 2.75) is 136 Å².